The minimum atomic E-state index is -0.689. The largest absolute Gasteiger partial charge is 0.381 e. The Labute approximate surface area is 209 Å². The SMILES string of the molecule is Cc1cc(C)cc(-n2nnn([C@@H]3CC(=NNC(=O)Cn4cc([N+](=O)[O-])nc4C)[C@H]4OC[C@@H]3O4)c2=S)c1. The summed E-state index contributed by atoms with van der Waals surface area (Å²) in [6, 6.07) is 5.69. The first-order chi connectivity index (χ1) is 17.2. The Balaban J connectivity index is 1.33. The molecule has 0 unspecified atom stereocenters. The van der Waals surface area contributed by atoms with Crippen LogP contribution in [0.4, 0.5) is 5.82 Å². The molecule has 2 fully saturated rings. The minimum absolute atomic E-state index is 0.183. The molecule has 15 heteroatoms. The zero-order chi connectivity index (χ0) is 25.6. The number of hydrogen-bond acceptors (Lipinski definition) is 10. The lowest BCUT2D eigenvalue weighted by atomic mass is 10.0. The molecule has 2 saturated heterocycles. The molecular weight excluding hydrogens is 490 g/mol. The summed E-state index contributed by atoms with van der Waals surface area (Å²) >= 11 is 5.68. The van der Waals surface area contributed by atoms with Gasteiger partial charge >= 0.3 is 5.82 Å². The van der Waals surface area contributed by atoms with Gasteiger partial charge in [0.05, 0.1) is 24.0 Å². The number of tetrazole rings is 1. The first-order valence-corrected chi connectivity index (χ1v) is 11.5. The third-order valence-electron chi connectivity index (χ3n) is 5.99. The Morgan fingerprint density at radius 3 is 2.72 bits per heavy atom. The number of carbonyl (C=O) groups is 1. The van der Waals surface area contributed by atoms with Crippen LogP contribution in [-0.4, -0.2) is 64.9 Å². The van der Waals surface area contributed by atoms with Gasteiger partial charge in [-0.1, -0.05) is 6.07 Å². The van der Waals surface area contributed by atoms with Gasteiger partial charge in [-0.05, 0) is 69.7 Å². The van der Waals surface area contributed by atoms with Gasteiger partial charge in [0.25, 0.3) is 5.91 Å². The van der Waals surface area contributed by atoms with Gasteiger partial charge in [-0.15, -0.1) is 0 Å². The van der Waals surface area contributed by atoms with E-state index in [2.05, 4.69) is 32.0 Å². The van der Waals surface area contributed by atoms with E-state index in [0.29, 0.717) is 29.3 Å². The molecule has 1 amide bonds. The zero-order valence-corrected chi connectivity index (χ0v) is 20.5. The van der Waals surface area contributed by atoms with Gasteiger partial charge < -0.3 is 19.6 Å². The molecule has 14 nitrogen and oxygen atoms in total. The van der Waals surface area contributed by atoms with Crippen molar-refractivity contribution in [3.63, 3.8) is 0 Å². The number of hydrazone groups is 1. The number of carbonyl (C=O) groups excluding carboxylic acids is 1. The number of ether oxygens (including phenoxy) is 2. The number of hydrogen-bond donors (Lipinski definition) is 1. The molecule has 3 aromatic rings. The molecule has 2 aromatic heterocycles. The maximum Gasteiger partial charge on any atom is 0.381 e. The van der Waals surface area contributed by atoms with Crippen LogP contribution in [0.3, 0.4) is 0 Å². The van der Waals surface area contributed by atoms with Gasteiger partial charge in [-0.3, -0.25) is 9.36 Å². The van der Waals surface area contributed by atoms with Crippen LogP contribution in [0.5, 0.6) is 0 Å². The molecule has 188 valence electrons. The lowest BCUT2D eigenvalue weighted by molar-refractivity contribution is -0.389. The highest BCUT2D eigenvalue weighted by atomic mass is 32.1. The van der Waals surface area contributed by atoms with Crippen LogP contribution in [0.25, 0.3) is 5.69 Å². The smallest absolute Gasteiger partial charge is 0.358 e. The van der Waals surface area contributed by atoms with Crippen molar-refractivity contribution in [3.8, 4) is 5.69 Å². The van der Waals surface area contributed by atoms with Crippen molar-refractivity contribution in [1.29, 1.82) is 0 Å². The molecule has 36 heavy (non-hydrogen) atoms. The zero-order valence-electron chi connectivity index (χ0n) is 19.7. The van der Waals surface area contributed by atoms with Crippen LogP contribution in [-0.2, 0) is 20.8 Å². The molecule has 0 saturated carbocycles. The average Bonchev–Trinajstić information content (AvgIpc) is 3.51. The fraction of sp³-hybridized carbons (Fsp3) is 0.429. The van der Waals surface area contributed by atoms with Gasteiger partial charge in [0.15, 0.2) is 6.29 Å². The monoisotopic (exact) mass is 513 g/mol. The Hall–Kier alpha value is -3.82. The number of benzene rings is 1. The highest BCUT2D eigenvalue weighted by Gasteiger charge is 2.44. The van der Waals surface area contributed by atoms with Crippen LogP contribution in [0.1, 0.15) is 29.4 Å². The molecule has 0 spiro atoms. The maximum absolute atomic E-state index is 12.4. The second-order valence-electron chi connectivity index (χ2n) is 8.74. The van der Waals surface area contributed by atoms with Crippen molar-refractivity contribution < 1.29 is 19.2 Å². The van der Waals surface area contributed by atoms with E-state index in [-0.39, 0.29) is 24.5 Å². The predicted molar refractivity (Wildman–Crippen MR) is 127 cm³/mol. The number of rotatable bonds is 6. The van der Waals surface area contributed by atoms with E-state index in [1.807, 2.05) is 26.0 Å². The molecule has 4 heterocycles. The Bertz CT molecular complexity index is 1420. The highest BCUT2D eigenvalue weighted by Crippen LogP contribution is 2.33. The quantitative estimate of drug-likeness (QED) is 0.294. The Kier molecular flexibility index (Phi) is 6.19. The number of nitrogens with zero attached hydrogens (tertiary/aromatic N) is 8. The van der Waals surface area contributed by atoms with Crippen LogP contribution < -0.4 is 5.43 Å². The van der Waals surface area contributed by atoms with Crippen molar-refractivity contribution in [2.45, 2.75) is 52.2 Å². The molecule has 0 aliphatic carbocycles. The van der Waals surface area contributed by atoms with Crippen molar-refractivity contribution in [1.82, 2.24) is 34.8 Å². The van der Waals surface area contributed by atoms with Crippen LogP contribution in [0.15, 0.2) is 29.5 Å². The van der Waals surface area contributed by atoms with Gasteiger partial charge in [0.2, 0.25) is 10.6 Å². The van der Waals surface area contributed by atoms with Gasteiger partial charge in [0, 0.05) is 13.3 Å². The lowest BCUT2D eigenvalue weighted by Gasteiger charge is -2.27. The lowest BCUT2D eigenvalue weighted by Crippen LogP contribution is -2.39. The molecule has 2 bridgehead atoms. The maximum atomic E-state index is 12.4. The summed E-state index contributed by atoms with van der Waals surface area (Å²) in [6.45, 7) is 5.71. The second-order valence-corrected chi connectivity index (χ2v) is 9.11. The Morgan fingerprint density at radius 1 is 1.28 bits per heavy atom. The number of amides is 1. The molecular formula is C21H23N9O5S. The normalized spacial score (nSPS) is 22.2. The fourth-order valence-corrected chi connectivity index (χ4v) is 4.66. The molecule has 5 rings (SSSR count). The number of aryl methyl sites for hydroxylation is 3. The van der Waals surface area contributed by atoms with E-state index in [0.717, 1.165) is 16.8 Å². The Morgan fingerprint density at radius 2 is 2.03 bits per heavy atom. The molecule has 0 radical (unpaired) electrons. The summed E-state index contributed by atoms with van der Waals surface area (Å²) in [4.78, 5) is 26.5. The first kappa shape index (κ1) is 23.9. The van der Waals surface area contributed by atoms with E-state index in [1.54, 1.807) is 16.3 Å². The van der Waals surface area contributed by atoms with Crippen molar-refractivity contribution in [2.24, 2.45) is 5.10 Å². The molecule has 3 atom stereocenters. The number of nitrogens with one attached hydrogen (secondary N) is 1. The number of nitro groups is 1. The van der Waals surface area contributed by atoms with Crippen LogP contribution >= 0.6 is 12.2 Å². The van der Waals surface area contributed by atoms with E-state index >= 15 is 0 Å². The fourth-order valence-electron chi connectivity index (χ4n) is 4.34. The third-order valence-corrected chi connectivity index (χ3v) is 6.35. The summed E-state index contributed by atoms with van der Waals surface area (Å²) in [6.07, 6.45) is 0.597. The minimum Gasteiger partial charge on any atom is -0.358 e. The predicted octanol–water partition coefficient (Wildman–Crippen LogP) is 1.69. The first-order valence-electron chi connectivity index (χ1n) is 11.1. The number of fused-ring (bicyclic) bond motifs is 2. The molecule has 1 aromatic carbocycles. The summed E-state index contributed by atoms with van der Waals surface area (Å²) in [7, 11) is 0. The summed E-state index contributed by atoms with van der Waals surface area (Å²) in [5, 5.41) is 23.7. The van der Waals surface area contributed by atoms with Crippen molar-refractivity contribution in [3.05, 3.63) is 56.2 Å². The molecule has 2 aliphatic heterocycles. The van der Waals surface area contributed by atoms with Crippen molar-refractivity contribution in [2.75, 3.05) is 6.61 Å². The highest BCUT2D eigenvalue weighted by molar-refractivity contribution is 7.71. The second kappa shape index (κ2) is 9.33. The van der Waals surface area contributed by atoms with Crippen molar-refractivity contribution >= 4 is 29.7 Å². The van der Waals surface area contributed by atoms with E-state index in [9.17, 15) is 14.9 Å². The van der Waals surface area contributed by atoms with Gasteiger partial charge in [0.1, 0.15) is 18.8 Å². The summed E-state index contributed by atoms with van der Waals surface area (Å²) in [5.74, 6) is -0.466. The third kappa shape index (κ3) is 4.55. The summed E-state index contributed by atoms with van der Waals surface area (Å²) in [5.41, 5.74) is 5.93. The van der Waals surface area contributed by atoms with E-state index in [1.165, 1.54) is 10.8 Å². The van der Waals surface area contributed by atoms with E-state index < -0.39 is 17.1 Å². The number of aromatic nitrogens is 6. The molecule has 2 aliphatic rings. The van der Waals surface area contributed by atoms with Gasteiger partial charge in [-0.25, -0.2) is 10.1 Å². The average molecular weight is 514 g/mol. The van der Waals surface area contributed by atoms with Crippen LogP contribution in [0.2, 0.25) is 0 Å². The standard InChI is InChI=1S/C21H23N9O5S/c1-11-4-12(2)6-14(5-11)28-21(36)29(26-25-28)16-7-15(20-34-10-17(16)35-20)23-24-19(31)9-27-8-18(30(32)33)22-13(27)3/h4-6,8,16-17,20H,7,9-10H2,1-3H3,(H,24,31)/t16-,17+,20+/m1/s1. The topological polar surface area (TPSA) is 157 Å². The van der Waals surface area contributed by atoms with E-state index in [4.69, 9.17) is 21.7 Å². The van der Waals surface area contributed by atoms with Crippen LogP contribution in [0, 0.1) is 35.7 Å². The molecule has 1 N–H and O–H groups in total. The van der Waals surface area contributed by atoms with Gasteiger partial charge in [-0.2, -0.15) is 9.78 Å². The number of imidazole rings is 1. The summed E-state index contributed by atoms with van der Waals surface area (Å²) < 4.78 is 16.6.